The van der Waals surface area contributed by atoms with E-state index >= 15 is 0 Å². The number of carbonyl (C=O) groups excluding carboxylic acids is 1. The summed E-state index contributed by atoms with van der Waals surface area (Å²) in [4.78, 5) is 20.6. The molecule has 0 bridgehead atoms. The molecule has 11 heteroatoms. The zero-order valence-corrected chi connectivity index (χ0v) is 20.6. The molecule has 0 aliphatic rings. The lowest BCUT2D eigenvalue weighted by atomic mass is 10.2. The summed E-state index contributed by atoms with van der Waals surface area (Å²) >= 11 is 3.52. The number of anilines is 1. The van der Waals surface area contributed by atoms with Crippen LogP contribution in [0.15, 0.2) is 52.1 Å². The predicted molar refractivity (Wildman–Crippen MR) is 132 cm³/mol. The number of amides is 1. The lowest BCUT2D eigenvalue weighted by molar-refractivity contribution is 0.159. The van der Waals surface area contributed by atoms with E-state index in [1.54, 1.807) is 38.1 Å². The maximum absolute atomic E-state index is 12.8. The summed E-state index contributed by atoms with van der Waals surface area (Å²) in [6.45, 7) is 4.06. The highest BCUT2D eigenvalue weighted by molar-refractivity contribution is 9.10. The largest absolute Gasteiger partial charge is 0.488 e. The van der Waals surface area contributed by atoms with Crippen LogP contribution in [0.2, 0.25) is 0 Å². The molecule has 1 unspecified atom stereocenters. The molecule has 33 heavy (non-hydrogen) atoms. The molecule has 2 atom stereocenters. The molecular formula is C22H25BrN4O5S. The fourth-order valence-electron chi connectivity index (χ4n) is 2.91. The number of halogens is 1. The van der Waals surface area contributed by atoms with Crippen molar-refractivity contribution in [2.75, 3.05) is 18.5 Å². The summed E-state index contributed by atoms with van der Waals surface area (Å²) in [5.41, 5.74) is 1.41. The SMILES string of the molecule is C=S(=O)(NC(=O)OCC)c1cccc(COc2cc3ncnc(NC[C@@H](C)O)c3cc2Br)c1. The highest BCUT2D eigenvalue weighted by Gasteiger charge is 2.14. The Morgan fingerprint density at radius 1 is 1.30 bits per heavy atom. The number of nitrogens with one attached hydrogen (secondary N) is 2. The van der Waals surface area contributed by atoms with E-state index in [1.807, 2.05) is 12.1 Å². The van der Waals surface area contributed by atoms with Crippen molar-refractivity contribution in [2.45, 2.75) is 31.5 Å². The third-order valence-corrected chi connectivity index (χ3v) is 6.58. The number of carbonyl (C=O) groups is 1. The number of rotatable bonds is 9. The molecule has 1 amide bonds. The first-order valence-electron chi connectivity index (χ1n) is 10.1. The number of aliphatic hydroxyl groups excluding tert-OH is 1. The van der Waals surface area contributed by atoms with Crippen molar-refractivity contribution in [3.8, 4) is 5.75 Å². The summed E-state index contributed by atoms with van der Waals surface area (Å²) in [5, 5.41) is 13.4. The van der Waals surface area contributed by atoms with Crippen molar-refractivity contribution < 1.29 is 23.6 Å². The maximum Gasteiger partial charge on any atom is 0.418 e. The van der Waals surface area contributed by atoms with Gasteiger partial charge in [-0.3, -0.25) is 0 Å². The second-order valence-corrected chi connectivity index (χ2v) is 10.1. The number of benzene rings is 2. The van der Waals surface area contributed by atoms with Gasteiger partial charge < -0.3 is 19.9 Å². The average molecular weight is 537 g/mol. The highest BCUT2D eigenvalue weighted by Crippen LogP contribution is 2.32. The Morgan fingerprint density at radius 3 is 2.82 bits per heavy atom. The maximum atomic E-state index is 12.8. The van der Waals surface area contributed by atoms with Crippen LogP contribution in [0.25, 0.3) is 10.9 Å². The van der Waals surface area contributed by atoms with E-state index in [-0.39, 0.29) is 13.2 Å². The molecule has 3 rings (SSSR count). The van der Waals surface area contributed by atoms with Gasteiger partial charge in [0.05, 0.1) is 37.3 Å². The van der Waals surface area contributed by atoms with E-state index in [0.29, 0.717) is 33.0 Å². The van der Waals surface area contributed by atoms with E-state index in [4.69, 9.17) is 9.47 Å². The van der Waals surface area contributed by atoms with E-state index < -0.39 is 21.9 Å². The highest BCUT2D eigenvalue weighted by atomic mass is 79.9. The van der Waals surface area contributed by atoms with Gasteiger partial charge in [-0.1, -0.05) is 12.1 Å². The molecule has 3 N–H and O–H groups in total. The first kappa shape index (κ1) is 24.7. The van der Waals surface area contributed by atoms with Gasteiger partial charge in [-0.2, -0.15) is 0 Å². The molecule has 1 aromatic heterocycles. The standard InChI is InChI=1S/C22H25BrN4O5S/c1-4-31-22(29)27-33(3,30)16-7-5-6-15(8-16)12-32-20-10-19-17(9-18(20)23)21(26-13-25-19)24-11-14(2)28/h5-10,13-14,28H,3-4,11-12H2,1-2H3,(H,24,25,26)(H,27,29,30)/t14-,33?/m1/s1. The van der Waals surface area contributed by atoms with E-state index in [9.17, 15) is 14.1 Å². The summed E-state index contributed by atoms with van der Waals surface area (Å²) in [6.07, 6.45) is 0.135. The van der Waals surface area contributed by atoms with Gasteiger partial charge in [0.1, 0.15) is 24.5 Å². The Hall–Kier alpha value is -2.89. The smallest absolute Gasteiger partial charge is 0.418 e. The van der Waals surface area contributed by atoms with Gasteiger partial charge in [-0.25, -0.2) is 23.7 Å². The van der Waals surface area contributed by atoms with Crippen LogP contribution in [0, 0.1) is 0 Å². The monoisotopic (exact) mass is 536 g/mol. The van der Waals surface area contributed by atoms with Crippen LogP contribution in [0.4, 0.5) is 10.6 Å². The number of hydrogen-bond acceptors (Lipinski definition) is 8. The topological polar surface area (TPSA) is 123 Å². The van der Waals surface area contributed by atoms with E-state index in [0.717, 1.165) is 10.9 Å². The molecule has 0 saturated carbocycles. The van der Waals surface area contributed by atoms with Gasteiger partial charge in [0.15, 0.2) is 0 Å². The third kappa shape index (κ3) is 6.56. The molecule has 0 aliphatic carbocycles. The zero-order valence-electron chi connectivity index (χ0n) is 18.2. The van der Waals surface area contributed by atoms with Gasteiger partial charge in [0.2, 0.25) is 0 Å². The third-order valence-electron chi connectivity index (χ3n) is 4.45. The minimum Gasteiger partial charge on any atom is -0.488 e. The summed E-state index contributed by atoms with van der Waals surface area (Å²) in [6, 6.07) is 10.4. The Morgan fingerprint density at radius 2 is 2.09 bits per heavy atom. The van der Waals surface area contributed by atoms with Crippen LogP contribution < -0.4 is 14.8 Å². The van der Waals surface area contributed by atoms with Gasteiger partial charge in [0.25, 0.3) is 0 Å². The molecular weight excluding hydrogens is 512 g/mol. The molecule has 0 aliphatic heterocycles. The molecule has 0 fully saturated rings. The lowest BCUT2D eigenvalue weighted by Crippen LogP contribution is -2.31. The van der Waals surface area contributed by atoms with Crippen LogP contribution in [0.5, 0.6) is 5.75 Å². The molecule has 3 aromatic rings. The van der Waals surface area contributed by atoms with Gasteiger partial charge in [-0.15, -0.1) is 0 Å². The Balaban J connectivity index is 1.77. The number of aromatic nitrogens is 2. The second-order valence-electron chi connectivity index (χ2n) is 7.19. The molecule has 176 valence electrons. The van der Waals surface area contributed by atoms with E-state index in [2.05, 4.69) is 41.8 Å². The van der Waals surface area contributed by atoms with Gasteiger partial charge in [0, 0.05) is 18.0 Å². The fraction of sp³-hybridized carbons (Fsp3) is 0.273. The molecule has 0 spiro atoms. The van der Waals surface area contributed by atoms with Crippen molar-refractivity contribution in [3.05, 3.63) is 52.8 Å². The number of ether oxygens (including phenoxy) is 2. The molecule has 0 saturated heterocycles. The minimum atomic E-state index is -3.07. The lowest BCUT2D eigenvalue weighted by Gasteiger charge is -2.14. The summed E-state index contributed by atoms with van der Waals surface area (Å²) < 4.78 is 26.6. The molecule has 0 radical (unpaired) electrons. The molecule has 2 aromatic carbocycles. The van der Waals surface area contributed by atoms with Crippen molar-refractivity contribution in [2.24, 2.45) is 0 Å². The predicted octanol–water partition coefficient (Wildman–Crippen LogP) is 3.50. The normalized spacial score (nSPS) is 13.7. The van der Waals surface area contributed by atoms with Crippen LogP contribution >= 0.6 is 15.9 Å². The molecule has 9 nitrogen and oxygen atoms in total. The Labute approximate surface area is 200 Å². The number of hydrogen-bond donors (Lipinski definition) is 3. The zero-order chi connectivity index (χ0) is 24.0. The first-order chi connectivity index (χ1) is 15.7. The quantitative estimate of drug-likeness (QED) is 0.355. The van der Waals surface area contributed by atoms with Crippen LogP contribution in [0.1, 0.15) is 19.4 Å². The van der Waals surface area contributed by atoms with Gasteiger partial charge >= 0.3 is 6.09 Å². The van der Waals surface area contributed by atoms with Crippen LogP contribution in [-0.4, -0.2) is 50.5 Å². The average Bonchev–Trinajstić information content (AvgIpc) is 2.76. The van der Waals surface area contributed by atoms with Crippen molar-refractivity contribution >= 4 is 54.3 Å². The fourth-order valence-corrected chi connectivity index (χ4v) is 4.45. The van der Waals surface area contributed by atoms with Crippen LogP contribution in [-0.2, 0) is 21.1 Å². The Bertz CT molecular complexity index is 1250. The number of nitrogens with zero attached hydrogens (tertiary/aromatic N) is 2. The van der Waals surface area contributed by atoms with Crippen molar-refractivity contribution in [1.82, 2.24) is 14.7 Å². The Kier molecular flexibility index (Phi) is 8.11. The number of fused-ring (bicyclic) bond motifs is 1. The molecule has 1 heterocycles. The first-order valence-corrected chi connectivity index (χ1v) is 12.6. The minimum absolute atomic E-state index is 0.166. The van der Waals surface area contributed by atoms with Gasteiger partial charge in [-0.05, 0) is 59.4 Å². The van der Waals surface area contributed by atoms with E-state index in [1.165, 1.54) is 6.33 Å². The number of aliphatic hydroxyl groups is 1. The van der Waals surface area contributed by atoms with Crippen molar-refractivity contribution in [3.63, 3.8) is 0 Å². The summed E-state index contributed by atoms with van der Waals surface area (Å²) in [5.74, 6) is 4.81. The van der Waals surface area contributed by atoms with Crippen molar-refractivity contribution in [1.29, 1.82) is 0 Å². The summed E-state index contributed by atoms with van der Waals surface area (Å²) in [7, 11) is -3.07. The second kappa shape index (κ2) is 10.8. The van der Waals surface area contributed by atoms with Crippen LogP contribution in [0.3, 0.4) is 0 Å².